The van der Waals surface area contributed by atoms with Crippen LogP contribution in [0.1, 0.15) is 31.2 Å². The number of hydrogen-bond donors (Lipinski definition) is 3. The Kier molecular flexibility index (Phi) is 5.17. The van der Waals surface area contributed by atoms with Gasteiger partial charge in [-0.25, -0.2) is 9.37 Å². The van der Waals surface area contributed by atoms with Crippen molar-refractivity contribution in [1.82, 2.24) is 15.3 Å². The van der Waals surface area contributed by atoms with Crippen LogP contribution in [-0.4, -0.2) is 29.0 Å². The normalized spacial score (nSPS) is 18.9. The van der Waals surface area contributed by atoms with E-state index in [1.165, 1.54) is 18.3 Å². The van der Waals surface area contributed by atoms with E-state index >= 15 is 0 Å². The van der Waals surface area contributed by atoms with Gasteiger partial charge in [0.05, 0.1) is 17.2 Å². The molecule has 2 heterocycles. The fourth-order valence-corrected chi connectivity index (χ4v) is 4.09. The maximum absolute atomic E-state index is 13.3. The lowest BCUT2D eigenvalue weighted by Gasteiger charge is -2.32. The molecule has 6 nitrogen and oxygen atoms in total. The van der Waals surface area contributed by atoms with Crippen LogP contribution < -0.4 is 10.6 Å². The van der Waals surface area contributed by atoms with Gasteiger partial charge < -0.3 is 15.6 Å². The maximum atomic E-state index is 13.3. The number of benzene rings is 1. The van der Waals surface area contributed by atoms with Gasteiger partial charge in [0.25, 0.3) is 0 Å². The molecule has 1 aliphatic carbocycles. The number of fused-ring (bicyclic) bond motifs is 1. The molecule has 2 aromatic heterocycles. The molecule has 3 aromatic rings. The number of rotatable bonds is 4. The molecule has 4 rings (SSSR count). The van der Waals surface area contributed by atoms with E-state index in [0.29, 0.717) is 16.9 Å². The zero-order valence-electron chi connectivity index (χ0n) is 16.1. The van der Waals surface area contributed by atoms with Gasteiger partial charge in [-0.05, 0) is 48.7 Å². The number of hydrogen-bond acceptors (Lipinski definition) is 4. The molecule has 0 radical (unpaired) electrons. The number of pyridine rings is 1. The van der Waals surface area contributed by atoms with Gasteiger partial charge in [-0.1, -0.05) is 12.8 Å². The predicted molar refractivity (Wildman–Crippen MR) is 110 cm³/mol. The number of H-pyrrole nitrogens is 1. The van der Waals surface area contributed by atoms with Crippen LogP contribution in [0.3, 0.4) is 0 Å². The van der Waals surface area contributed by atoms with Gasteiger partial charge in [0.2, 0.25) is 5.91 Å². The van der Waals surface area contributed by atoms with E-state index in [2.05, 4.69) is 26.7 Å². The van der Waals surface area contributed by atoms with Crippen LogP contribution in [0.15, 0.2) is 36.5 Å². The summed E-state index contributed by atoms with van der Waals surface area (Å²) in [5.41, 5.74) is 3.37. The summed E-state index contributed by atoms with van der Waals surface area (Å²) in [4.78, 5) is 19.9. The van der Waals surface area contributed by atoms with E-state index in [1.54, 1.807) is 19.2 Å². The minimum absolute atomic E-state index is 0.0204. The molecule has 2 unspecified atom stereocenters. The minimum Gasteiger partial charge on any atom is -0.380 e. The summed E-state index contributed by atoms with van der Waals surface area (Å²) in [7, 11) is 1.65. The molecule has 3 N–H and O–H groups in total. The Balaban J connectivity index is 1.75. The molecule has 148 valence electrons. The summed E-state index contributed by atoms with van der Waals surface area (Å²) < 4.78 is 13.3. The largest absolute Gasteiger partial charge is 0.380 e. The second kappa shape index (κ2) is 7.92. The Bertz CT molecular complexity index is 1080. The first-order valence-electron chi connectivity index (χ1n) is 9.76. The lowest BCUT2D eigenvalue weighted by Crippen LogP contribution is -2.42. The van der Waals surface area contributed by atoms with Crippen molar-refractivity contribution in [3.05, 3.63) is 47.9 Å². The first-order valence-corrected chi connectivity index (χ1v) is 9.76. The number of nitrogens with zero attached hydrogens (tertiary/aromatic N) is 2. The molecular weight excluding hydrogens is 369 g/mol. The van der Waals surface area contributed by atoms with E-state index in [9.17, 15) is 14.4 Å². The molecule has 0 aliphatic heterocycles. The summed E-state index contributed by atoms with van der Waals surface area (Å²) in [6.07, 6.45) is 5.28. The number of aromatic amines is 1. The van der Waals surface area contributed by atoms with Crippen molar-refractivity contribution in [1.29, 1.82) is 5.26 Å². The zero-order valence-corrected chi connectivity index (χ0v) is 16.1. The van der Waals surface area contributed by atoms with Crippen LogP contribution in [0.2, 0.25) is 0 Å². The second-order valence-corrected chi connectivity index (χ2v) is 7.37. The highest BCUT2D eigenvalue weighted by Crippen LogP contribution is 2.34. The average molecular weight is 391 g/mol. The highest BCUT2D eigenvalue weighted by molar-refractivity contribution is 5.96. The Morgan fingerprint density at radius 1 is 1.28 bits per heavy atom. The van der Waals surface area contributed by atoms with Crippen molar-refractivity contribution in [3.8, 4) is 17.3 Å². The molecule has 2 atom stereocenters. The first-order chi connectivity index (χ1) is 14.1. The van der Waals surface area contributed by atoms with Crippen LogP contribution in [-0.2, 0) is 4.79 Å². The van der Waals surface area contributed by atoms with Crippen molar-refractivity contribution in [3.63, 3.8) is 0 Å². The molecule has 29 heavy (non-hydrogen) atoms. The molecule has 0 bridgehead atoms. The molecule has 1 aromatic carbocycles. The SMILES string of the molecule is CNC(=O)C1CCCCC1Nc1c(C#N)cnc2[nH]c(-c3ccc(F)cc3)cc12. The topological polar surface area (TPSA) is 93.6 Å². The standard InChI is InChI=1S/C22H22FN5O/c1-25-22(29)16-4-2-3-5-18(16)27-20-14(11-24)12-26-21-17(20)10-19(28-21)13-6-8-15(23)9-7-13/h6-10,12,16,18H,2-5H2,1H3,(H,25,29)(H2,26,27,28). The predicted octanol–water partition coefficient (Wildman–Crippen LogP) is 3.96. The lowest BCUT2D eigenvalue weighted by molar-refractivity contribution is -0.125. The van der Waals surface area contributed by atoms with Gasteiger partial charge >= 0.3 is 0 Å². The summed E-state index contributed by atoms with van der Waals surface area (Å²) in [6.45, 7) is 0. The second-order valence-electron chi connectivity index (χ2n) is 7.37. The van der Waals surface area contributed by atoms with E-state index in [0.717, 1.165) is 42.3 Å². The van der Waals surface area contributed by atoms with Crippen molar-refractivity contribution in [2.24, 2.45) is 5.92 Å². The molecule has 0 saturated heterocycles. The third kappa shape index (κ3) is 3.66. The number of nitrogens with one attached hydrogen (secondary N) is 3. The number of halogens is 1. The fourth-order valence-electron chi connectivity index (χ4n) is 4.09. The maximum Gasteiger partial charge on any atom is 0.224 e. The molecule has 1 saturated carbocycles. The van der Waals surface area contributed by atoms with Crippen molar-refractivity contribution >= 4 is 22.6 Å². The number of aromatic nitrogens is 2. The smallest absolute Gasteiger partial charge is 0.224 e. The van der Waals surface area contributed by atoms with E-state index in [-0.39, 0.29) is 23.7 Å². The number of nitriles is 1. The minimum atomic E-state index is -0.297. The Labute approximate surface area is 168 Å². The molecule has 0 spiro atoms. The summed E-state index contributed by atoms with van der Waals surface area (Å²) >= 11 is 0. The Morgan fingerprint density at radius 3 is 2.76 bits per heavy atom. The third-order valence-corrected chi connectivity index (χ3v) is 5.61. The molecule has 1 fully saturated rings. The number of anilines is 1. The van der Waals surface area contributed by atoms with Crippen molar-refractivity contribution < 1.29 is 9.18 Å². The molecule has 1 aliphatic rings. The summed E-state index contributed by atoms with van der Waals surface area (Å²) in [5.74, 6) is -0.416. The van der Waals surface area contributed by atoms with Gasteiger partial charge in [0, 0.05) is 30.4 Å². The van der Waals surface area contributed by atoms with Crippen LogP contribution in [0.25, 0.3) is 22.3 Å². The summed E-state index contributed by atoms with van der Waals surface area (Å²) in [5, 5.41) is 16.6. The van der Waals surface area contributed by atoms with Crippen LogP contribution in [0.5, 0.6) is 0 Å². The van der Waals surface area contributed by atoms with Crippen LogP contribution in [0.4, 0.5) is 10.1 Å². The quantitative estimate of drug-likeness (QED) is 0.628. The van der Waals surface area contributed by atoms with Gasteiger partial charge in [-0.2, -0.15) is 5.26 Å². The van der Waals surface area contributed by atoms with E-state index < -0.39 is 0 Å². The first kappa shape index (κ1) is 18.9. The van der Waals surface area contributed by atoms with Gasteiger partial charge in [-0.15, -0.1) is 0 Å². The molecule has 1 amide bonds. The monoisotopic (exact) mass is 391 g/mol. The molecular formula is C22H22FN5O. The van der Waals surface area contributed by atoms with Gasteiger partial charge in [0.15, 0.2) is 0 Å². The van der Waals surface area contributed by atoms with Gasteiger partial charge in [-0.3, -0.25) is 4.79 Å². The lowest BCUT2D eigenvalue weighted by atomic mass is 9.83. The molecule has 7 heteroatoms. The van der Waals surface area contributed by atoms with E-state index in [4.69, 9.17) is 0 Å². The highest BCUT2D eigenvalue weighted by Gasteiger charge is 2.31. The summed E-state index contributed by atoms with van der Waals surface area (Å²) in [6, 6.07) is 10.3. The van der Waals surface area contributed by atoms with Crippen molar-refractivity contribution in [2.75, 3.05) is 12.4 Å². The van der Waals surface area contributed by atoms with Crippen molar-refractivity contribution in [2.45, 2.75) is 31.7 Å². The van der Waals surface area contributed by atoms with Crippen LogP contribution in [0, 0.1) is 23.1 Å². The van der Waals surface area contributed by atoms with Crippen LogP contribution >= 0.6 is 0 Å². The Morgan fingerprint density at radius 2 is 2.03 bits per heavy atom. The number of carbonyl (C=O) groups excluding carboxylic acids is 1. The zero-order chi connectivity index (χ0) is 20.4. The fraction of sp³-hybridized carbons (Fsp3) is 0.318. The number of amides is 1. The van der Waals surface area contributed by atoms with Gasteiger partial charge in [0.1, 0.15) is 17.5 Å². The third-order valence-electron chi connectivity index (χ3n) is 5.61. The van der Waals surface area contributed by atoms with E-state index in [1.807, 2.05) is 6.07 Å². The average Bonchev–Trinajstić information content (AvgIpc) is 3.19. The Hall–Kier alpha value is -3.40. The highest BCUT2D eigenvalue weighted by atomic mass is 19.1. The number of carbonyl (C=O) groups is 1.